The summed E-state index contributed by atoms with van der Waals surface area (Å²) in [6, 6.07) is 3.59. The Labute approximate surface area is 95.2 Å². The van der Waals surface area contributed by atoms with Gasteiger partial charge >= 0.3 is 0 Å². The second-order valence-electron chi connectivity index (χ2n) is 4.12. The van der Waals surface area contributed by atoms with E-state index >= 15 is 0 Å². The molecule has 88 valence electrons. The fourth-order valence-electron chi connectivity index (χ4n) is 2.14. The lowest BCUT2D eigenvalue weighted by Gasteiger charge is -2.43. The molecule has 1 saturated carbocycles. The summed E-state index contributed by atoms with van der Waals surface area (Å²) in [7, 11) is 3.21. The highest BCUT2D eigenvalue weighted by Crippen LogP contribution is 2.45. The third-order valence-corrected chi connectivity index (χ3v) is 3.38. The van der Waals surface area contributed by atoms with E-state index in [1.54, 1.807) is 32.5 Å². The van der Waals surface area contributed by atoms with Crippen LogP contribution in [-0.2, 0) is 4.74 Å². The molecule has 1 aliphatic carbocycles. The maximum atomic E-state index is 10.3. The van der Waals surface area contributed by atoms with Crippen molar-refractivity contribution in [2.75, 3.05) is 14.2 Å². The van der Waals surface area contributed by atoms with E-state index in [1.165, 1.54) is 0 Å². The zero-order chi connectivity index (χ0) is 11.6. The summed E-state index contributed by atoms with van der Waals surface area (Å²) in [6.07, 6.45) is 3.75. The zero-order valence-corrected chi connectivity index (χ0v) is 9.64. The number of hydrogen-bond acceptors (Lipinski definition) is 4. The summed E-state index contributed by atoms with van der Waals surface area (Å²) in [6.45, 7) is 0. The van der Waals surface area contributed by atoms with Gasteiger partial charge in [0.15, 0.2) is 0 Å². The molecule has 16 heavy (non-hydrogen) atoms. The van der Waals surface area contributed by atoms with Crippen LogP contribution in [0.2, 0.25) is 0 Å². The molecule has 4 heteroatoms. The molecular weight excluding hydrogens is 206 g/mol. The van der Waals surface area contributed by atoms with Gasteiger partial charge < -0.3 is 14.6 Å². The van der Waals surface area contributed by atoms with Crippen LogP contribution in [0.4, 0.5) is 0 Å². The van der Waals surface area contributed by atoms with Gasteiger partial charge in [-0.15, -0.1) is 0 Å². The quantitative estimate of drug-likeness (QED) is 0.844. The average molecular weight is 223 g/mol. The molecule has 0 spiro atoms. The molecular formula is C12H17NO3. The number of methoxy groups -OCH3 is 2. The number of pyridine rings is 1. The smallest absolute Gasteiger partial charge is 0.143 e. The lowest BCUT2D eigenvalue weighted by atomic mass is 9.74. The SMILES string of the molecule is COc1cccnc1C(O)C1(OC)CCC1. The first-order valence-corrected chi connectivity index (χ1v) is 5.45. The highest BCUT2D eigenvalue weighted by molar-refractivity contribution is 5.30. The first-order valence-electron chi connectivity index (χ1n) is 5.45. The standard InChI is InChI=1S/C12H17NO3/c1-15-9-5-3-8-13-10(9)11(14)12(16-2)6-4-7-12/h3,5,8,11,14H,4,6-7H2,1-2H3. The molecule has 0 amide bonds. The number of aliphatic hydroxyl groups is 1. The van der Waals surface area contributed by atoms with Crippen molar-refractivity contribution in [2.45, 2.75) is 31.0 Å². The van der Waals surface area contributed by atoms with E-state index in [1.807, 2.05) is 0 Å². The van der Waals surface area contributed by atoms with E-state index in [2.05, 4.69) is 4.98 Å². The van der Waals surface area contributed by atoms with Gasteiger partial charge in [0.25, 0.3) is 0 Å². The van der Waals surface area contributed by atoms with Gasteiger partial charge in [0.05, 0.1) is 12.7 Å². The van der Waals surface area contributed by atoms with E-state index in [-0.39, 0.29) is 0 Å². The second kappa shape index (κ2) is 4.39. The van der Waals surface area contributed by atoms with Crippen molar-refractivity contribution < 1.29 is 14.6 Å². The highest BCUT2D eigenvalue weighted by atomic mass is 16.5. The summed E-state index contributed by atoms with van der Waals surface area (Å²) in [4.78, 5) is 4.19. The summed E-state index contributed by atoms with van der Waals surface area (Å²) in [5, 5.41) is 10.3. The van der Waals surface area contributed by atoms with Gasteiger partial charge in [-0.25, -0.2) is 0 Å². The molecule has 0 saturated heterocycles. The van der Waals surface area contributed by atoms with Crippen LogP contribution < -0.4 is 4.74 Å². The van der Waals surface area contributed by atoms with Crippen LogP contribution in [0, 0.1) is 0 Å². The molecule has 1 aliphatic rings. The van der Waals surface area contributed by atoms with Crippen molar-refractivity contribution in [3.63, 3.8) is 0 Å². The van der Waals surface area contributed by atoms with Crippen molar-refractivity contribution in [1.82, 2.24) is 4.98 Å². The maximum Gasteiger partial charge on any atom is 0.143 e. The minimum atomic E-state index is -0.720. The molecule has 0 bridgehead atoms. The predicted octanol–water partition coefficient (Wildman–Crippen LogP) is 1.69. The molecule has 0 aliphatic heterocycles. The third-order valence-electron chi connectivity index (χ3n) is 3.38. The Morgan fingerprint density at radius 1 is 1.44 bits per heavy atom. The van der Waals surface area contributed by atoms with Crippen LogP contribution in [0.5, 0.6) is 5.75 Å². The first kappa shape index (κ1) is 11.4. The molecule has 1 aromatic rings. The lowest BCUT2D eigenvalue weighted by Crippen LogP contribution is -2.45. The van der Waals surface area contributed by atoms with Crippen LogP contribution in [0.1, 0.15) is 31.1 Å². The number of nitrogens with zero attached hydrogens (tertiary/aromatic N) is 1. The van der Waals surface area contributed by atoms with E-state index in [9.17, 15) is 5.11 Å². The second-order valence-corrected chi connectivity index (χ2v) is 4.12. The van der Waals surface area contributed by atoms with Crippen LogP contribution in [0.25, 0.3) is 0 Å². The summed E-state index contributed by atoms with van der Waals surface area (Å²) >= 11 is 0. The van der Waals surface area contributed by atoms with Crippen LogP contribution in [-0.4, -0.2) is 29.9 Å². The Morgan fingerprint density at radius 2 is 2.19 bits per heavy atom. The number of aliphatic hydroxyl groups excluding tert-OH is 1. The Bertz CT molecular complexity index is 358. The summed E-state index contributed by atoms with van der Waals surface area (Å²) in [5.41, 5.74) is 0.0910. The lowest BCUT2D eigenvalue weighted by molar-refractivity contribution is -0.153. The molecule has 1 aromatic heterocycles. The summed E-state index contributed by atoms with van der Waals surface area (Å²) < 4.78 is 10.6. The van der Waals surface area contributed by atoms with Crippen molar-refractivity contribution in [2.24, 2.45) is 0 Å². The van der Waals surface area contributed by atoms with Crippen molar-refractivity contribution >= 4 is 0 Å². The molecule has 0 aromatic carbocycles. The fraction of sp³-hybridized carbons (Fsp3) is 0.583. The van der Waals surface area contributed by atoms with Crippen LogP contribution in [0.15, 0.2) is 18.3 Å². The Hall–Kier alpha value is -1.13. The normalized spacial score (nSPS) is 19.9. The molecule has 1 heterocycles. The van der Waals surface area contributed by atoms with E-state index < -0.39 is 11.7 Å². The minimum Gasteiger partial charge on any atom is -0.495 e. The van der Waals surface area contributed by atoms with E-state index in [0.717, 1.165) is 19.3 Å². The Kier molecular flexibility index (Phi) is 3.12. The molecule has 1 unspecified atom stereocenters. The fourth-order valence-corrected chi connectivity index (χ4v) is 2.14. The van der Waals surface area contributed by atoms with Gasteiger partial charge in [-0.2, -0.15) is 0 Å². The molecule has 4 nitrogen and oxygen atoms in total. The predicted molar refractivity (Wildman–Crippen MR) is 59.3 cm³/mol. The van der Waals surface area contributed by atoms with Gasteiger partial charge in [-0.05, 0) is 31.4 Å². The molecule has 0 radical (unpaired) electrons. The van der Waals surface area contributed by atoms with Gasteiger partial charge in [-0.3, -0.25) is 4.98 Å². The van der Waals surface area contributed by atoms with Crippen molar-refractivity contribution in [3.05, 3.63) is 24.0 Å². The largest absolute Gasteiger partial charge is 0.495 e. The Balaban J connectivity index is 2.29. The summed E-state index contributed by atoms with van der Waals surface area (Å²) in [5.74, 6) is 0.610. The molecule has 1 fully saturated rings. The van der Waals surface area contributed by atoms with Gasteiger partial charge in [0, 0.05) is 13.3 Å². The van der Waals surface area contributed by atoms with E-state index in [4.69, 9.17) is 9.47 Å². The number of hydrogen-bond donors (Lipinski definition) is 1. The number of ether oxygens (including phenoxy) is 2. The topological polar surface area (TPSA) is 51.6 Å². The maximum absolute atomic E-state index is 10.3. The highest BCUT2D eigenvalue weighted by Gasteiger charge is 2.46. The Morgan fingerprint density at radius 3 is 2.69 bits per heavy atom. The van der Waals surface area contributed by atoms with Crippen molar-refractivity contribution in [1.29, 1.82) is 0 Å². The monoisotopic (exact) mass is 223 g/mol. The van der Waals surface area contributed by atoms with Crippen LogP contribution >= 0.6 is 0 Å². The van der Waals surface area contributed by atoms with E-state index in [0.29, 0.717) is 11.4 Å². The molecule has 2 rings (SSSR count). The van der Waals surface area contributed by atoms with Gasteiger partial charge in [-0.1, -0.05) is 0 Å². The molecule has 1 atom stereocenters. The third kappa shape index (κ3) is 1.68. The number of rotatable bonds is 4. The zero-order valence-electron chi connectivity index (χ0n) is 9.64. The van der Waals surface area contributed by atoms with Crippen LogP contribution in [0.3, 0.4) is 0 Å². The molecule has 1 N–H and O–H groups in total. The minimum absolute atomic E-state index is 0.471. The average Bonchev–Trinajstić information content (AvgIpc) is 2.28. The van der Waals surface area contributed by atoms with Crippen molar-refractivity contribution in [3.8, 4) is 5.75 Å². The first-order chi connectivity index (χ1) is 7.73. The van der Waals surface area contributed by atoms with Gasteiger partial charge in [0.2, 0.25) is 0 Å². The van der Waals surface area contributed by atoms with Gasteiger partial charge in [0.1, 0.15) is 17.5 Å². The number of aromatic nitrogens is 1.